The lowest BCUT2D eigenvalue weighted by atomic mass is 9.85. The molecule has 0 spiro atoms. The van der Waals surface area contributed by atoms with Crippen LogP contribution in [0.3, 0.4) is 0 Å². The lowest BCUT2D eigenvalue weighted by Crippen LogP contribution is -2.32. The first-order chi connectivity index (χ1) is 11.6. The summed E-state index contributed by atoms with van der Waals surface area (Å²) < 4.78 is 0. The number of carbonyl (C=O) groups excluding carboxylic acids is 3. The number of imide groups is 1. The van der Waals surface area contributed by atoms with E-state index in [4.69, 9.17) is 0 Å². The second-order valence-corrected chi connectivity index (χ2v) is 6.86. The standard InChI is InChI=1S/C19H20N2O3/c1-2-4-15(22)20-13-5-3-6-14(10-13)21-18(23)16-11-7-8-12(9-11)17(16)19(21)24/h3,5-8,10-12,16-17H,2,4,9H2,1H3,(H,20,22)/t11-,12-,16+,17+/m0/s1. The molecular formula is C19H20N2O3. The molecule has 0 aromatic heterocycles. The van der Waals surface area contributed by atoms with Gasteiger partial charge in [0.15, 0.2) is 0 Å². The van der Waals surface area contributed by atoms with Gasteiger partial charge in [0.1, 0.15) is 0 Å². The average molecular weight is 324 g/mol. The number of benzene rings is 1. The molecule has 2 bridgehead atoms. The van der Waals surface area contributed by atoms with Gasteiger partial charge in [0.2, 0.25) is 17.7 Å². The first-order valence-corrected chi connectivity index (χ1v) is 8.56. The topological polar surface area (TPSA) is 66.5 Å². The highest BCUT2D eigenvalue weighted by molar-refractivity contribution is 6.23. The molecule has 2 fully saturated rings. The molecule has 4 atom stereocenters. The van der Waals surface area contributed by atoms with Gasteiger partial charge in [-0.05, 0) is 42.9 Å². The fourth-order valence-electron chi connectivity index (χ4n) is 4.33. The molecule has 1 aliphatic heterocycles. The minimum Gasteiger partial charge on any atom is -0.326 e. The van der Waals surface area contributed by atoms with Crippen LogP contribution in [-0.4, -0.2) is 17.7 Å². The molecule has 1 aromatic carbocycles. The largest absolute Gasteiger partial charge is 0.326 e. The number of carbonyl (C=O) groups is 3. The minimum absolute atomic E-state index is 0.0622. The summed E-state index contributed by atoms with van der Waals surface area (Å²) >= 11 is 0. The van der Waals surface area contributed by atoms with Crippen LogP contribution in [0.25, 0.3) is 0 Å². The van der Waals surface area contributed by atoms with Gasteiger partial charge >= 0.3 is 0 Å². The summed E-state index contributed by atoms with van der Waals surface area (Å²) in [7, 11) is 0. The Balaban J connectivity index is 1.60. The summed E-state index contributed by atoms with van der Waals surface area (Å²) in [5.41, 5.74) is 1.16. The van der Waals surface area contributed by atoms with Gasteiger partial charge in [-0.3, -0.25) is 14.4 Å². The van der Waals surface area contributed by atoms with E-state index in [1.165, 1.54) is 4.90 Å². The highest BCUT2D eigenvalue weighted by Crippen LogP contribution is 2.53. The molecule has 1 saturated heterocycles. The summed E-state index contributed by atoms with van der Waals surface area (Å²) in [4.78, 5) is 38.7. The van der Waals surface area contributed by atoms with Crippen LogP contribution in [0.2, 0.25) is 0 Å². The van der Waals surface area contributed by atoms with Crippen LogP contribution in [0.1, 0.15) is 26.2 Å². The van der Waals surface area contributed by atoms with Crippen molar-refractivity contribution in [3.8, 4) is 0 Å². The fourth-order valence-corrected chi connectivity index (χ4v) is 4.33. The zero-order valence-electron chi connectivity index (χ0n) is 13.6. The molecule has 4 rings (SSSR count). The van der Waals surface area contributed by atoms with Gasteiger partial charge in [-0.2, -0.15) is 0 Å². The molecule has 3 amide bonds. The van der Waals surface area contributed by atoms with Crippen LogP contribution >= 0.6 is 0 Å². The highest BCUT2D eigenvalue weighted by Gasteiger charge is 2.59. The van der Waals surface area contributed by atoms with Crippen LogP contribution < -0.4 is 10.2 Å². The van der Waals surface area contributed by atoms with Crippen molar-refractivity contribution in [3.63, 3.8) is 0 Å². The molecule has 1 N–H and O–H groups in total. The van der Waals surface area contributed by atoms with E-state index in [0.29, 0.717) is 17.8 Å². The Hall–Kier alpha value is -2.43. The van der Waals surface area contributed by atoms with E-state index in [0.717, 1.165) is 12.8 Å². The van der Waals surface area contributed by atoms with Gasteiger partial charge in [0.05, 0.1) is 17.5 Å². The monoisotopic (exact) mass is 324 g/mol. The normalized spacial score (nSPS) is 30.1. The number of anilines is 2. The molecule has 0 radical (unpaired) electrons. The van der Waals surface area contributed by atoms with Crippen molar-refractivity contribution in [2.24, 2.45) is 23.7 Å². The second-order valence-electron chi connectivity index (χ2n) is 6.86. The first-order valence-electron chi connectivity index (χ1n) is 8.56. The Kier molecular flexibility index (Phi) is 3.52. The predicted octanol–water partition coefficient (Wildman–Crippen LogP) is 2.74. The third kappa shape index (κ3) is 2.19. The Morgan fingerprint density at radius 3 is 2.46 bits per heavy atom. The molecule has 2 aliphatic carbocycles. The maximum Gasteiger partial charge on any atom is 0.238 e. The lowest BCUT2D eigenvalue weighted by molar-refractivity contribution is -0.123. The SMILES string of the molecule is CCCC(=O)Nc1cccc(N2C(=O)[C@H]3[C@H](C2=O)[C@H]2C=C[C@H]3C2)c1. The third-order valence-electron chi connectivity index (χ3n) is 5.34. The molecule has 1 heterocycles. The van der Waals surface area contributed by atoms with Gasteiger partial charge < -0.3 is 5.32 Å². The van der Waals surface area contributed by atoms with E-state index >= 15 is 0 Å². The smallest absolute Gasteiger partial charge is 0.238 e. The van der Waals surface area contributed by atoms with Crippen molar-refractivity contribution in [3.05, 3.63) is 36.4 Å². The van der Waals surface area contributed by atoms with Crippen LogP contribution in [0.4, 0.5) is 11.4 Å². The molecule has 5 nitrogen and oxygen atoms in total. The molecular weight excluding hydrogens is 304 g/mol. The first kappa shape index (κ1) is 15.1. The minimum atomic E-state index is -0.203. The van der Waals surface area contributed by atoms with E-state index in [9.17, 15) is 14.4 Å². The molecule has 0 unspecified atom stereocenters. The van der Waals surface area contributed by atoms with Crippen LogP contribution in [-0.2, 0) is 14.4 Å². The number of nitrogens with zero attached hydrogens (tertiary/aromatic N) is 1. The number of hydrogen-bond acceptors (Lipinski definition) is 3. The van der Waals surface area contributed by atoms with Crippen molar-refractivity contribution < 1.29 is 14.4 Å². The lowest BCUT2D eigenvalue weighted by Gasteiger charge is -2.18. The number of fused-ring (bicyclic) bond motifs is 5. The average Bonchev–Trinajstić information content (AvgIpc) is 3.22. The van der Waals surface area contributed by atoms with E-state index in [-0.39, 0.29) is 41.4 Å². The van der Waals surface area contributed by atoms with Gasteiger partial charge in [-0.1, -0.05) is 25.1 Å². The van der Waals surface area contributed by atoms with Crippen LogP contribution in [0.5, 0.6) is 0 Å². The summed E-state index contributed by atoms with van der Waals surface area (Å²) in [6, 6.07) is 6.99. The Morgan fingerprint density at radius 1 is 1.17 bits per heavy atom. The zero-order valence-corrected chi connectivity index (χ0v) is 13.6. The maximum atomic E-state index is 12.8. The van der Waals surface area contributed by atoms with Gasteiger partial charge in [-0.15, -0.1) is 0 Å². The van der Waals surface area contributed by atoms with Crippen molar-refractivity contribution in [2.75, 3.05) is 10.2 Å². The Labute approximate surface area is 140 Å². The number of hydrogen-bond donors (Lipinski definition) is 1. The third-order valence-corrected chi connectivity index (χ3v) is 5.34. The quantitative estimate of drug-likeness (QED) is 0.684. The highest BCUT2D eigenvalue weighted by atomic mass is 16.2. The molecule has 1 aromatic rings. The summed E-state index contributed by atoms with van der Waals surface area (Å²) in [6.07, 6.45) is 6.32. The predicted molar refractivity (Wildman–Crippen MR) is 90.2 cm³/mol. The van der Waals surface area contributed by atoms with Gasteiger partial charge in [0, 0.05) is 12.1 Å². The Bertz CT molecular complexity index is 725. The summed E-state index contributed by atoms with van der Waals surface area (Å²) in [5.74, 6) is -0.259. The zero-order chi connectivity index (χ0) is 16.8. The van der Waals surface area contributed by atoms with E-state index in [2.05, 4.69) is 17.5 Å². The Morgan fingerprint density at radius 2 is 1.83 bits per heavy atom. The molecule has 24 heavy (non-hydrogen) atoms. The fraction of sp³-hybridized carbons (Fsp3) is 0.421. The number of rotatable bonds is 4. The molecule has 124 valence electrons. The summed E-state index contributed by atoms with van der Waals surface area (Å²) in [6.45, 7) is 1.94. The maximum absolute atomic E-state index is 12.8. The molecule has 5 heteroatoms. The van der Waals surface area contributed by atoms with Gasteiger partial charge in [0.25, 0.3) is 0 Å². The van der Waals surface area contributed by atoms with E-state index in [1.54, 1.807) is 24.3 Å². The number of amides is 3. The van der Waals surface area contributed by atoms with Crippen molar-refractivity contribution in [1.82, 2.24) is 0 Å². The van der Waals surface area contributed by atoms with Crippen LogP contribution in [0, 0.1) is 23.7 Å². The van der Waals surface area contributed by atoms with Crippen molar-refractivity contribution in [2.45, 2.75) is 26.2 Å². The summed E-state index contributed by atoms with van der Waals surface area (Å²) in [5, 5.41) is 2.82. The van der Waals surface area contributed by atoms with E-state index < -0.39 is 0 Å². The van der Waals surface area contributed by atoms with Crippen LogP contribution in [0.15, 0.2) is 36.4 Å². The number of allylic oxidation sites excluding steroid dienone is 2. The van der Waals surface area contributed by atoms with Crippen molar-refractivity contribution >= 4 is 29.1 Å². The van der Waals surface area contributed by atoms with Gasteiger partial charge in [-0.25, -0.2) is 4.90 Å². The molecule has 3 aliphatic rings. The number of nitrogens with one attached hydrogen (secondary N) is 1. The second kappa shape index (κ2) is 5.58. The van der Waals surface area contributed by atoms with E-state index in [1.807, 2.05) is 6.92 Å². The molecule has 1 saturated carbocycles. The van der Waals surface area contributed by atoms with Crippen molar-refractivity contribution in [1.29, 1.82) is 0 Å².